The topological polar surface area (TPSA) is 39.1 Å². The third kappa shape index (κ3) is 2.85. The van der Waals surface area contributed by atoms with Gasteiger partial charge >= 0.3 is 0 Å². The molecule has 0 saturated heterocycles. The summed E-state index contributed by atoms with van der Waals surface area (Å²) in [5.41, 5.74) is 0.956. The molecular weight excluding hydrogens is 294 g/mol. The Morgan fingerprint density at radius 1 is 1.44 bits per heavy atom. The summed E-state index contributed by atoms with van der Waals surface area (Å²) in [6, 6.07) is 5.88. The molecule has 2 aromatic rings. The Morgan fingerprint density at radius 3 is 3.00 bits per heavy atom. The number of rotatable bonds is 5. The van der Waals surface area contributed by atoms with Crippen molar-refractivity contribution in [1.29, 1.82) is 0 Å². The fraction of sp³-hybridized carbons (Fsp3) is 0.308. The summed E-state index contributed by atoms with van der Waals surface area (Å²) in [5.74, 6) is 1.84. The van der Waals surface area contributed by atoms with Crippen LogP contribution in [0.3, 0.4) is 0 Å². The van der Waals surface area contributed by atoms with Crippen LogP contribution in [0.25, 0.3) is 0 Å². The Balaban J connectivity index is 2.12. The molecule has 4 nitrogen and oxygen atoms in total. The maximum absolute atomic E-state index is 5.32. The molecule has 0 amide bonds. The molecule has 0 aliphatic rings. The Labute approximate surface area is 115 Å². The molecule has 0 atom stereocenters. The van der Waals surface area contributed by atoms with Gasteiger partial charge in [-0.2, -0.15) is 0 Å². The van der Waals surface area contributed by atoms with Crippen LogP contribution >= 0.6 is 15.9 Å². The second kappa shape index (κ2) is 5.91. The molecule has 0 aliphatic carbocycles. The van der Waals surface area contributed by atoms with E-state index in [9.17, 15) is 0 Å². The van der Waals surface area contributed by atoms with Crippen molar-refractivity contribution < 1.29 is 4.74 Å². The van der Waals surface area contributed by atoms with Crippen LogP contribution in [0.15, 0.2) is 35.1 Å². The maximum atomic E-state index is 5.32. The van der Waals surface area contributed by atoms with Gasteiger partial charge in [-0.25, -0.2) is 4.98 Å². The number of aromatic nitrogens is 2. The van der Waals surface area contributed by atoms with E-state index >= 15 is 0 Å². The lowest BCUT2D eigenvalue weighted by molar-refractivity contribution is 0.416. The van der Waals surface area contributed by atoms with Crippen LogP contribution in [0.2, 0.25) is 0 Å². The Morgan fingerprint density at radius 2 is 2.28 bits per heavy atom. The quantitative estimate of drug-likeness (QED) is 0.921. The lowest BCUT2D eigenvalue weighted by atomic mass is 10.3. The summed E-state index contributed by atoms with van der Waals surface area (Å²) in [6.07, 6.45) is 3.80. The number of ether oxygens (including phenoxy) is 1. The number of imidazole rings is 1. The number of benzene rings is 1. The number of hydrogen-bond acceptors (Lipinski definition) is 3. The second-order valence-corrected chi connectivity index (χ2v) is 4.74. The van der Waals surface area contributed by atoms with Gasteiger partial charge in [-0.05, 0) is 25.1 Å². The summed E-state index contributed by atoms with van der Waals surface area (Å²) in [7, 11) is 1.67. The molecule has 2 rings (SSSR count). The SMILES string of the molecule is CCn1ccnc1CNc1cc(Br)ccc1OC. The highest BCUT2D eigenvalue weighted by Crippen LogP contribution is 2.28. The lowest BCUT2D eigenvalue weighted by Crippen LogP contribution is -2.08. The van der Waals surface area contributed by atoms with E-state index in [0.29, 0.717) is 6.54 Å². The minimum Gasteiger partial charge on any atom is -0.495 e. The first-order valence-corrected chi connectivity index (χ1v) is 6.61. The van der Waals surface area contributed by atoms with E-state index in [1.807, 2.05) is 30.6 Å². The normalized spacial score (nSPS) is 10.4. The van der Waals surface area contributed by atoms with E-state index in [-0.39, 0.29) is 0 Å². The van der Waals surface area contributed by atoms with Crippen molar-refractivity contribution >= 4 is 21.6 Å². The zero-order valence-electron chi connectivity index (χ0n) is 10.5. The predicted molar refractivity (Wildman–Crippen MR) is 75.9 cm³/mol. The Bertz CT molecular complexity index is 525. The Kier molecular flexibility index (Phi) is 4.25. The van der Waals surface area contributed by atoms with Crippen LogP contribution < -0.4 is 10.1 Å². The molecule has 18 heavy (non-hydrogen) atoms. The number of aryl methyl sites for hydroxylation is 1. The van der Waals surface area contributed by atoms with Crippen molar-refractivity contribution in [3.63, 3.8) is 0 Å². The fourth-order valence-electron chi connectivity index (χ4n) is 1.79. The van der Waals surface area contributed by atoms with E-state index in [1.54, 1.807) is 7.11 Å². The van der Waals surface area contributed by atoms with Gasteiger partial charge in [-0.3, -0.25) is 0 Å². The van der Waals surface area contributed by atoms with Gasteiger partial charge in [0.1, 0.15) is 11.6 Å². The van der Waals surface area contributed by atoms with Crippen molar-refractivity contribution in [1.82, 2.24) is 9.55 Å². The fourth-order valence-corrected chi connectivity index (χ4v) is 2.15. The minimum absolute atomic E-state index is 0.674. The minimum atomic E-state index is 0.674. The number of methoxy groups -OCH3 is 1. The highest BCUT2D eigenvalue weighted by atomic mass is 79.9. The van der Waals surface area contributed by atoms with E-state index < -0.39 is 0 Å². The van der Waals surface area contributed by atoms with Crippen LogP contribution in [0.1, 0.15) is 12.7 Å². The third-order valence-corrected chi connectivity index (χ3v) is 3.23. The van der Waals surface area contributed by atoms with Crippen LogP contribution in [0.5, 0.6) is 5.75 Å². The van der Waals surface area contributed by atoms with Crippen LogP contribution in [-0.2, 0) is 13.1 Å². The molecule has 1 aromatic heterocycles. The summed E-state index contributed by atoms with van der Waals surface area (Å²) in [6.45, 7) is 3.70. The van der Waals surface area contributed by atoms with Gasteiger partial charge in [0.2, 0.25) is 0 Å². The molecule has 0 spiro atoms. The molecule has 5 heteroatoms. The number of halogens is 1. The first-order chi connectivity index (χ1) is 8.74. The third-order valence-electron chi connectivity index (χ3n) is 2.74. The van der Waals surface area contributed by atoms with Gasteiger partial charge in [0.25, 0.3) is 0 Å². The van der Waals surface area contributed by atoms with Crippen molar-refractivity contribution in [2.24, 2.45) is 0 Å². The first kappa shape index (κ1) is 13.0. The van der Waals surface area contributed by atoms with Gasteiger partial charge in [-0.1, -0.05) is 15.9 Å². The Hall–Kier alpha value is -1.49. The van der Waals surface area contributed by atoms with Crippen molar-refractivity contribution in [2.75, 3.05) is 12.4 Å². The zero-order chi connectivity index (χ0) is 13.0. The van der Waals surface area contributed by atoms with Crippen LogP contribution in [-0.4, -0.2) is 16.7 Å². The number of anilines is 1. The molecule has 1 N–H and O–H groups in total. The molecule has 0 bridgehead atoms. The summed E-state index contributed by atoms with van der Waals surface area (Å²) in [4.78, 5) is 4.33. The first-order valence-electron chi connectivity index (χ1n) is 5.82. The largest absolute Gasteiger partial charge is 0.495 e. The van der Waals surface area contributed by atoms with Crippen molar-refractivity contribution in [2.45, 2.75) is 20.0 Å². The molecule has 1 aromatic carbocycles. The molecule has 0 radical (unpaired) electrons. The maximum Gasteiger partial charge on any atom is 0.142 e. The molecule has 0 unspecified atom stereocenters. The van der Waals surface area contributed by atoms with Crippen LogP contribution in [0.4, 0.5) is 5.69 Å². The number of nitrogens with one attached hydrogen (secondary N) is 1. The van der Waals surface area contributed by atoms with Gasteiger partial charge in [-0.15, -0.1) is 0 Å². The molecular formula is C13H16BrN3O. The van der Waals surface area contributed by atoms with Gasteiger partial charge in [0.05, 0.1) is 19.3 Å². The molecule has 0 saturated carbocycles. The van der Waals surface area contributed by atoms with Gasteiger partial charge in [0.15, 0.2) is 0 Å². The van der Waals surface area contributed by atoms with Crippen molar-refractivity contribution in [3.8, 4) is 5.75 Å². The van der Waals surface area contributed by atoms with Gasteiger partial charge in [0, 0.05) is 23.4 Å². The number of hydrogen-bond donors (Lipinski definition) is 1. The second-order valence-electron chi connectivity index (χ2n) is 3.83. The zero-order valence-corrected chi connectivity index (χ0v) is 12.1. The summed E-state index contributed by atoms with van der Waals surface area (Å²) >= 11 is 3.46. The molecule has 0 fully saturated rings. The van der Waals surface area contributed by atoms with Crippen molar-refractivity contribution in [3.05, 3.63) is 40.9 Å². The van der Waals surface area contributed by atoms with E-state index in [1.165, 1.54) is 0 Å². The smallest absolute Gasteiger partial charge is 0.142 e. The molecule has 96 valence electrons. The van der Waals surface area contributed by atoms with Gasteiger partial charge < -0.3 is 14.6 Å². The molecule has 0 aliphatic heterocycles. The highest BCUT2D eigenvalue weighted by Gasteiger charge is 2.05. The average Bonchev–Trinajstić information content (AvgIpc) is 2.84. The van der Waals surface area contributed by atoms with E-state index in [0.717, 1.165) is 28.3 Å². The lowest BCUT2D eigenvalue weighted by Gasteiger charge is -2.12. The molecule has 1 heterocycles. The monoisotopic (exact) mass is 309 g/mol. The standard InChI is InChI=1S/C13H16BrN3O/c1-3-17-7-6-15-13(17)9-16-11-8-10(14)4-5-12(11)18-2/h4-8,16H,3,9H2,1-2H3. The highest BCUT2D eigenvalue weighted by molar-refractivity contribution is 9.10. The average molecular weight is 310 g/mol. The summed E-state index contributed by atoms with van der Waals surface area (Å²) < 4.78 is 8.44. The van der Waals surface area contributed by atoms with Crippen LogP contribution in [0, 0.1) is 0 Å². The predicted octanol–water partition coefficient (Wildman–Crippen LogP) is 3.29. The van der Waals surface area contributed by atoms with E-state index in [4.69, 9.17) is 4.74 Å². The van der Waals surface area contributed by atoms with E-state index in [2.05, 4.69) is 37.7 Å². The summed E-state index contributed by atoms with van der Waals surface area (Å²) in [5, 5.41) is 3.34. The number of nitrogens with zero attached hydrogens (tertiary/aromatic N) is 2.